The molecule has 0 aliphatic heterocycles. The molecule has 2 aromatic rings. The van der Waals surface area contributed by atoms with Crippen molar-refractivity contribution in [3.05, 3.63) is 29.8 Å². The van der Waals surface area contributed by atoms with Crippen LogP contribution in [0.3, 0.4) is 0 Å². The van der Waals surface area contributed by atoms with Crippen LogP contribution >= 0.6 is 11.6 Å². The number of aryl methyl sites for hydroxylation is 1. The molecule has 0 saturated heterocycles. The van der Waals surface area contributed by atoms with E-state index in [4.69, 9.17) is 11.6 Å². The summed E-state index contributed by atoms with van der Waals surface area (Å²) in [5.41, 5.74) is 1.30. The Labute approximate surface area is 122 Å². The lowest BCUT2D eigenvalue weighted by Crippen LogP contribution is -2.10. The summed E-state index contributed by atoms with van der Waals surface area (Å²) in [7, 11) is -3.01. The fourth-order valence-electron chi connectivity index (χ4n) is 2.14. The third-order valence-electron chi connectivity index (χ3n) is 2.99. The fraction of sp³-hybridized carbons (Fsp3) is 0.462. The van der Waals surface area contributed by atoms with Gasteiger partial charge in [0.2, 0.25) is 0 Å². The molecule has 0 spiro atoms. The minimum absolute atomic E-state index is 0.0814. The van der Waals surface area contributed by atoms with E-state index in [1.165, 1.54) is 18.4 Å². The predicted molar refractivity (Wildman–Crippen MR) is 78.3 cm³/mol. The van der Waals surface area contributed by atoms with Gasteiger partial charge in [-0.1, -0.05) is 0 Å². The van der Waals surface area contributed by atoms with Crippen LogP contribution in [0.2, 0.25) is 0 Å². The first-order valence-corrected chi connectivity index (χ1v) is 8.75. The molecule has 110 valence electrons. The van der Waals surface area contributed by atoms with Gasteiger partial charge in [0.05, 0.1) is 22.2 Å². The van der Waals surface area contributed by atoms with Gasteiger partial charge in [-0.15, -0.1) is 11.6 Å². The molecule has 2 rings (SSSR count). The van der Waals surface area contributed by atoms with Gasteiger partial charge in [-0.2, -0.15) is 0 Å². The first kappa shape index (κ1) is 15.3. The van der Waals surface area contributed by atoms with E-state index >= 15 is 0 Å². The number of imidazole rings is 1. The van der Waals surface area contributed by atoms with Gasteiger partial charge in [0.15, 0.2) is 0 Å². The second-order valence-corrected chi connectivity index (χ2v) is 7.77. The van der Waals surface area contributed by atoms with Crippen molar-refractivity contribution in [2.45, 2.75) is 25.3 Å². The number of rotatable bonds is 5. The highest BCUT2D eigenvalue weighted by molar-refractivity contribution is 7.90. The SMILES string of the molecule is CC(Cl)c1nc2ccc(F)cc2n1CCCS(C)(=O)=O. The Kier molecular flexibility index (Phi) is 4.34. The molecule has 1 atom stereocenters. The second kappa shape index (κ2) is 5.69. The third-order valence-corrected chi connectivity index (χ3v) is 4.22. The van der Waals surface area contributed by atoms with Gasteiger partial charge in [-0.25, -0.2) is 17.8 Å². The van der Waals surface area contributed by atoms with Crippen molar-refractivity contribution in [1.29, 1.82) is 0 Å². The van der Waals surface area contributed by atoms with Crippen molar-refractivity contribution < 1.29 is 12.8 Å². The summed E-state index contributed by atoms with van der Waals surface area (Å²) in [6.07, 6.45) is 1.64. The number of fused-ring (bicyclic) bond motifs is 1. The summed E-state index contributed by atoms with van der Waals surface area (Å²) in [4.78, 5) is 4.38. The molecule has 0 bridgehead atoms. The van der Waals surface area contributed by atoms with Crippen LogP contribution in [0.15, 0.2) is 18.2 Å². The van der Waals surface area contributed by atoms with Crippen molar-refractivity contribution in [3.63, 3.8) is 0 Å². The summed E-state index contributed by atoms with van der Waals surface area (Å²) >= 11 is 6.09. The van der Waals surface area contributed by atoms with E-state index in [1.54, 1.807) is 17.6 Å². The summed E-state index contributed by atoms with van der Waals surface area (Å²) in [5, 5.41) is -0.330. The lowest BCUT2D eigenvalue weighted by molar-refractivity contribution is 0.589. The molecule has 20 heavy (non-hydrogen) atoms. The van der Waals surface area contributed by atoms with E-state index in [-0.39, 0.29) is 16.9 Å². The molecule has 0 amide bonds. The number of aromatic nitrogens is 2. The molecule has 0 N–H and O–H groups in total. The maximum Gasteiger partial charge on any atom is 0.147 e. The Balaban J connectivity index is 2.38. The normalized spacial score (nSPS) is 13.8. The van der Waals surface area contributed by atoms with Crippen molar-refractivity contribution >= 4 is 32.5 Å². The maximum atomic E-state index is 13.4. The van der Waals surface area contributed by atoms with Crippen LogP contribution in [0.1, 0.15) is 24.5 Å². The van der Waals surface area contributed by atoms with Crippen LogP contribution in [-0.4, -0.2) is 30.0 Å². The summed E-state index contributed by atoms with van der Waals surface area (Å²) in [6, 6.07) is 4.34. The van der Waals surface area contributed by atoms with Gasteiger partial charge < -0.3 is 4.57 Å². The van der Waals surface area contributed by atoms with Crippen LogP contribution in [0, 0.1) is 5.82 Å². The zero-order chi connectivity index (χ0) is 14.9. The van der Waals surface area contributed by atoms with Gasteiger partial charge >= 0.3 is 0 Å². The van der Waals surface area contributed by atoms with E-state index in [2.05, 4.69) is 4.98 Å². The van der Waals surface area contributed by atoms with Gasteiger partial charge in [-0.05, 0) is 31.5 Å². The van der Waals surface area contributed by atoms with Crippen LogP contribution in [0.4, 0.5) is 4.39 Å². The van der Waals surface area contributed by atoms with Crippen LogP contribution in [-0.2, 0) is 16.4 Å². The molecule has 0 aliphatic rings. The molecule has 0 saturated carbocycles. The summed E-state index contributed by atoms with van der Waals surface area (Å²) in [6.45, 7) is 2.23. The molecule has 1 aromatic heterocycles. The molecule has 0 aliphatic carbocycles. The van der Waals surface area contributed by atoms with E-state index in [9.17, 15) is 12.8 Å². The number of halogens is 2. The van der Waals surface area contributed by atoms with Crippen LogP contribution in [0.5, 0.6) is 0 Å². The van der Waals surface area contributed by atoms with E-state index < -0.39 is 9.84 Å². The minimum atomic E-state index is -3.01. The first-order chi connectivity index (χ1) is 9.28. The number of alkyl halides is 1. The van der Waals surface area contributed by atoms with Gasteiger partial charge in [0, 0.05) is 12.8 Å². The Bertz CT molecular complexity index is 725. The van der Waals surface area contributed by atoms with E-state index in [0.717, 1.165) is 0 Å². The van der Waals surface area contributed by atoms with E-state index in [0.29, 0.717) is 29.8 Å². The van der Waals surface area contributed by atoms with Crippen molar-refractivity contribution in [2.75, 3.05) is 12.0 Å². The van der Waals surface area contributed by atoms with Gasteiger partial charge in [0.1, 0.15) is 21.5 Å². The molecule has 0 radical (unpaired) electrons. The fourth-order valence-corrected chi connectivity index (χ4v) is 2.96. The molecule has 7 heteroatoms. The van der Waals surface area contributed by atoms with Crippen molar-refractivity contribution in [3.8, 4) is 0 Å². The molecular formula is C13H16ClFN2O2S. The smallest absolute Gasteiger partial charge is 0.147 e. The maximum absolute atomic E-state index is 13.4. The Hall–Kier alpha value is -1.14. The predicted octanol–water partition coefficient (Wildman–Crippen LogP) is 2.91. The lowest BCUT2D eigenvalue weighted by Gasteiger charge is -2.10. The van der Waals surface area contributed by atoms with Crippen LogP contribution in [0.25, 0.3) is 11.0 Å². The zero-order valence-corrected chi connectivity index (χ0v) is 12.9. The monoisotopic (exact) mass is 318 g/mol. The standard InChI is InChI=1S/C13H16ClFN2O2S/c1-9(14)13-16-11-5-4-10(15)8-12(11)17(13)6-3-7-20(2,18)19/h4-5,8-9H,3,6-7H2,1-2H3. The highest BCUT2D eigenvalue weighted by atomic mass is 35.5. The highest BCUT2D eigenvalue weighted by Gasteiger charge is 2.15. The zero-order valence-electron chi connectivity index (χ0n) is 11.3. The largest absolute Gasteiger partial charge is 0.327 e. The van der Waals surface area contributed by atoms with Gasteiger partial charge in [-0.3, -0.25) is 0 Å². The quantitative estimate of drug-likeness (QED) is 0.796. The molecular weight excluding hydrogens is 303 g/mol. The van der Waals surface area contributed by atoms with Gasteiger partial charge in [0.25, 0.3) is 0 Å². The Morgan fingerprint density at radius 2 is 2.15 bits per heavy atom. The average molecular weight is 319 g/mol. The van der Waals surface area contributed by atoms with Crippen molar-refractivity contribution in [2.24, 2.45) is 0 Å². The lowest BCUT2D eigenvalue weighted by atomic mass is 10.3. The Morgan fingerprint density at radius 3 is 2.75 bits per heavy atom. The molecule has 0 fully saturated rings. The summed E-state index contributed by atoms with van der Waals surface area (Å²) in [5.74, 6) is 0.356. The third kappa shape index (κ3) is 3.49. The molecule has 1 aromatic carbocycles. The minimum Gasteiger partial charge on any atom is -0.327 e. The molecule has 1 heterocycles. The molecule has 1 unspecified atom stereocenters. The Morgan fingerprint density at radius 1 is 1.45 bits per heavy atom. The number of hydrogen-bond donors (Lipinski definition) is 0. The number of sulfone groups is 1. The average Bonchev–Trinajstić information content (AvgIpc) is 2.66. The number of hydrogen-bond acceptors (Lipinski definition) is 3. The first-order valence-electron chi connectivity index (χ1n) is 6.25. The number of benzene rings is 1. The van der Waals surface area contributed by atoms with E-state index in [1.807, 2.05) is 0 Å². The van der Waals surface area contributed by atoms with Crippen molar-refractivity contribution in [1.82, 2.24) is 9.55 Å². The second-order valence-electron chi connectivity index (χ2n) is 4.85. The highest BCUT2D eigenvalue weighted by Crippen LogP contribution is 2.25. The topological polar surface area (TPSA) is 52.0 Å². The van der Waals surface area contributed by atoms with Crippen LogP contribution < -0.4 is 0 Å². The molecule has 4 nitrogen and oxygen atoms in total. The number of nitrogens with zero attached hydrogens (tertiary/aromatic N) is 2. The summed E-state index contributed by atoms with van der Waals surface area (Å²) < 4.78 is 37.5.